The van der Waals surface area contributed by atoms with Gasteiger partial charge >= 0.3 is 6.01 Å². The molecular weight excluding hydrogens is 230 g/mol. The number of hydrogen-bond acceptors (Lipinski definition) is 5. The molecule has 2 heterocycles. The molecule has 2 aromatic rings. The third-order valence-corrected chi connectivity index (χ3v) is 2.90. The second-order valence-electron chi connectivity index (χ2n) is 4.30. The van der Waals surface area contributed by atoms with Gasteiger partial charge < -0.3 is 14.6 Å². The monoisotopic (exact) mass is 245 g/mol. The lowest BCUT2D eigenvalue weighted by Crippen LogP contribution is -2.06. The van der Waals surface area contributed by atoms with E-state index < -0.39 is 0 Å². The molecule has 0 bridgehead atoms. The molecule has 0 fully saturated rings. The van der Waals surface area contributed by atoms with Crippen LogP contribution in [-0.4, -0.2) is 16.7 Å². The van der Waals surface area contributed by atoms with Crippen LogP contribution in [0.4, 0.5) is 6.01 Å². The van der Waals surface area contributed by atoms with Crippen LogP contribution in [-0.2, 0) is 6.42 Å². The molecule has 1 aromatic carbocycles. The molecule has 0 saturated heterocycles. The summed E-state index contributed by atoms with van der Waals surface area (Å²) >= 11 is 0. The summed E-state index contributed by atoms with van der Waals surface area (Å²) in [7, 11) is 0. The van der Waals surface area contributed by atoms with Crippen LogP contribution in [0.2, 0.25) is 0 Å². The second-order valence-corrected chi connectivity index (χ2v) is 4.30. The third-order valence-electron chi connectivity index (χ3n) is 2.90. The summed E-state index contributed by atoms with van der Waals surface area (Å²) in [6.45, 7) is 2.91. The minimum atomic E-state index is -0.136. The Hall–Kier alpha value is -2.04. The fourth-order valence-electron chi connectivity index (χ4n) is 2.00. The van der Waals surface area contributed by atoms with E-state index in [2.05, 4.69) is 28.4 Å². The number of aromatic nitrogens is 2. The van der Waals surface area contributed by atoms with Gasteiger partial charge in [0.15, 0.2) is 6.10 Å². The summed E-state index contributed by atoms with van der Waals surface area (Å²) < 4.78 is 10.9. The lowest BCUT2D eigenvalue weighted by Gasteiger charge is -2.04. The first kappa shape index (κ1) is 11.1. The highest BCUT2D eigenvalue weighted by atomic mass is 16.5. The number of fused-ring (bicyclic) bond motifs is 1. The largest absolute Gasteiger partial charge is 0.482 e. The van der Waals surface area contributed by atoms with E-state index in [1.165, 1.54) is 5.56 Å². The normalized spacial score (nSPS) is 17.3. The summed E-state index contributed by atoms with van der Waals surface area (Å²) in [5.74, 6) is 1.51. The molecule has 0 radical (unpaired) electrons. The Morgan fingerprint density at radius 1 is 1.39 bits per heavy atom. The molecule has 0 amide bonds. The molecule has 1 N–H and O–H groups in total. The number of para-hydroxylation sites is 1. The molecule has 5 nitrogen and oxygen atoms in total. The van der Waals surface area contributed by atoms with Gasteiger partial charge in [0.25, 0.3) is 0 Å². The summed E-state index contributed by atoms with van der Waals surface area (Å²) in [5, 5.41) is 7.02. The molecule has 1 unspecified atom stereocenters. The van der Waals surface area contributed by atoms with Crippen molar-refractivity contribution in [2.45, 2.75) is 25.9 Å². The molecule has 0 spiro atoms. The molecule has 1 aliphatic heterocycles. The smallest absolute Gasteiger partial charge is 0.321 e. The van der Waals surface area contributed by atoms with Gasteiger partial charge in [0.1, 0.15) is 5.75 Å². The van der Waals surface area contributed by atoms with Gasteiger partial charge in [-0.25, -0.2) is 0 Å². The average molecular weight is 245 g/mol. The number of hydrogen-bond donors (Lipinski definition) is 1. The quantitative estimate of drug-likeness (QED) is 0.897. The summed E-state index contributed by atoms with van der Waals surface area (Å²) in [5.41, 5.74) is 1.19. The number of nitrogens with zero attached hydrogens (tertiary/aromatic N) is 2. The predicted octanol–water partition coefficient (Wildman–Crippen LogP) is 2.57. The first-order valence-corrected chi connectivity index (χ1v) is 6.19. The standard InChI is InChI=1S/C13H15N3O2/c1-2-7-14-13-15-12(16-18-13)11-8-9-5-3-4-6-10(9)17-11/h3-6,11H,2,7-8H2,1H3,(H,14,15,16). The van der Waals surface area contributed by atoms with Gasteiger partial charge in [-0.15, -0.1) is 0 Å². The minimum Gasteiger partial charge on any atom is -0.482 e. The Kier molecular flexibility index (Phi) is 2.88. The van der Waals surface area contributed by atoms with Crippen LogP contribution in [0.1, 0.15) is 30.8 Å². The maximum absolute atomic E-state index is 5.80. The van der Waals surface area contributed by atoms with E-state index in [0.29, 0.717) is 11.8 Å². The Balaban J connectivity index is 1.72. The first-order valence-electron chi connectivity index (χ1n) is 6.19. The Morgan fingerprint density at radius 2 is 2.28 bits per heavy atom. The van der Waals surface area contributed by atoms with Crippen molar-refractivity contribution in [3.63, 3.8) is 0 Å². The van der Waals surface area contributed by atoms with E-state index in [9.17, 15) is 0 Å². The van der Waals surface area contributed by atoms with Crippen LogP contribution in [0.3, 0.4) is 0 Å². The van der Waals surface area contributed by atoms with Crippen LogP contribution >= 0.6 is 0 Å². The third kappa shape index (κ3) is 2.03. The maximum atomic E-state index is 5.80. The van der Waals surface area contributed by atoms with E-state index >= 15 is 0 Å². The van der Waals surface area contributed by atoms with Crippen LogP contribution in [0.25, 0.3) is 0 Å². The van der Waals surface area contributed by atoms with E-state index in [0.717, 1.165) is 25.1 Å². The lowest BCUT2D eigenvalue weighted by atomic mass is 10.1. The minimum absolute atomic E-state index is 0.136. The first-order chi connectivity index (χ1) is 8.86. The number of nitrogens with one attached hydrogen (secondary N) is 1. The fourth-order valence-corrected chi connectivity index (χ4v) is 2.00. The molecule has 1 atom stereocenters. The van der Waals surface area contributed by atoms with E-state index in [4.69, 9.17) is 9.26 Å². The van der Waals surface area contributed by atoms with Gasteiger partial charge in [0.2, 0.25) is 5.82 Å². The SMILES string of the molecule is CCCNc1nc(C2Cc3ccccc3O2)no1. The Labute approximate surface area is 105 Å². The van der Waals surface area contributed by atoms with Crippen LogP contribution < -0.4 is 10.1 Å². The van der Waals surface area contributed by atoms with Gasteiger partial charge in [-0.05, 0) is 18.1 Å². The van der Waals surface area contributed by atoms with Crippen molar-refractivity contribution in [1.29, 1.82) is 0 Å². The highest BCUT2D eigenvalue weighted by Gasteiger charge is 2.28. The average Bonchev–Trinajstić information content (AvgIpc) is 3.02. The number of benzene rings is 1. The molecule has 0 saturated carbocycles. The summed E-state index contributed by atoms with van der Waals surface area (Å²) in [4.78, 5) is 4.30. The number of rotatable bonds is 4. The van der Waals surface area contributed by atoms with Crippen molar-refractivity contribution in [1.82, 2.24) is 10.1 Å². The van der Waals surface area contributed by atoms with Crippen molar-refractivity contribution in [2.24, 2.45) is 0 Å². The van der Waals surface area contributed by atoms with Crippen LogP contribution in [0.15, 0.2) is 28.8 Å². The number of anilines is 1. The van der Waals surface area contributed by atoms with Gasteiger partial charge in [-0.1, -0.05) is 30.3 Å². The zero-order valence-corrected chi connectivity index (χ0v) is 10.2. The molecule has 18 heavy (non-hydrogen) atoms. The van der Waals surface area contributed by atoms with E-state index in [1.807, 2.05) is 18.2 Å². The molecular formula is C13H15N3O2. The Bertz CT molecular complexity index is 514. The van der Waals surface area contributed by atoms with Crippen LogP contribution in [0, 0.1) is 0 Å². The summed E-state index contributed by atoms with van der Waals surface area (Å²) in [6.07, 6.45) is 1.68. The van der Waals surface area contributed by atoms with Crippen molar-refractivity contribution >= 4 is 6.01 Å². The second kappa shape index (κ2) is 4.68. The number of ether oxygens (including phenoxy) is 1. The molecule has 1 aliphatic rings. The van der Waals surface area contributed by atoms with Gasteiger partial charge in [0.05, 0.1) is 0 Å². The maximum Gasteiger partial charge on any atom is 0.321 e. The summed E-state index contributed by atoms with van der Waals surface area (Å²) in [6, 6.07) is 8.46. The highest BCUT2D eigenvalue weighted by Crippen LogP contribution is 2.35. The van der Waals surface area contributed by atoms with Crippen molar-refractivity contribution in [2.75, 3.05) is 11.9 Å². The van der Waals surface area contributed by atoms with Gasteiger partial charge in [0, 0.05) is 13.0 Å². The zero-order chi connectivity index (χ0) is 12.4. The molecule has 1 aromatic heterocycles. The predicted molar refractivity (Wildman–Crippen MR) is 66.6 cm³/mol. The topological polar surface area (TPSA) is 60.2 Å². The molecule has 5 heteroatoms. The lowest BCUT2D eigenvalue weighted by molar-refractivity contribution is 0.221. The molecule has 3 rings (SSSR count). The van der Waals surface area contributed by atoms with Crippen LogP contribution in [0.5, 0.6) is 5.75 Å². The van der Waals surface area contributed by atoms with E-state index in [1.54, 1.807) is 0 Å². The van der Waals surface area contributed by atoms with Crippen molar-refractivity contribution < 1.29 is 9.26 Å². The van der Waals surface area contributed by atoms with E-state index in [-0.39, 0.29) is 6.10 Å². The zero-order valence-electron chi connectivity index (χ0n) is 10.2. The molecule has 0 aliphatic carbocycles. The van der Waals surface area contributed by atoms with Crippen molar-refractivity contribution in [3.05, 3.63) is 35.7 Å². The molecule has 94 valence electrons. The van der Waals surface area contributed by atoms with Crippen molar-refractivity contribution in [3.8, 4) is 5.75 Å². The Morgan fingerprint density at radius 3 is 3.11 bits per heavy atom. The van der Waals surface area contributed by atoms with Gasteiger partial charge in [-0.3, -0.25) is 0 Å². The fraction of sp³-hybridized carbons (Fsp3) is 0.385. The highest BCUT2D eigenvalue weighted by molar-refractivity contribution is 5.38. The van der Waals surface area contributed by atoms with Gasteiger partial charge in [-0.2, -0.15) is 4.98 Å².